The van der Waals surface area contributed by atoms with E-state index in [9.17, 15) is 9.59 Å². The van der Waals surface area contributed by atoms with Crippen molar-refractivity contribution in [2.75, 3.05) is 25.0 Å². The van der Waals surface area contributed by atoms with E-state index < -0.39 is 0 Å². The van der Waals surface area contributed by atoms with Crippen LogP contribution in [-0.2, 0) is 4.79 Å². The third kappa shape index (κ3) is 8.43. The van der Waals surface area contributed by atoms with E-state index in [1.165, 1.54) is 6.92 Å². The van der Waals surface area contributed by atoms with Crippen LogP contribution in [0.1, 0.15) is 59.6 Å². The van der Waals surface area contributed by atoms with Crippen LogP contribution >= 0.6 is 0 Å². The quantitative estimate of drug-likeness (QED) is 0.582. The molecule has 0 aliphatic rings. The first kappa shape index (κ1) is 23.0. The Bertz CT molecular complexity index is 600. The predicted molar refractivity (Wildman–Crippen MR) is 112 cm³/mol. The summed E-state index contributed by atoms with van der Waals surface area (Å²) in [5.41, 5.74) is 1.67. The van der Waals surface area contributed by atoms with Gasteiger partial charge in [-0.3, -0.25) is 9.69 Å². The van der Waals surface area contributed by atoms with E-state index in [0.717, 1.165) is 30.8 Å². The molecule has 0 bridgehead atoms. The summed E-state index contributed by atoms with van der Waals surface area (Å²) in [5, 5.41) is 8.77. The maximum absolute atomic E-state index is 12.4. The summed E-state index contributed by atoms with van der Waals surface area (Å²) in [4.78, 5) is 26.0. The van der Waals surface area contributed by atoms with Crippen LogP contribution < -0.4 is 16.0 Å². The molecule has 0 heterocycles. The second-order valence-corrected chi connectivity index (χ2v) is 7.39. The first-order chi connectivity index (χ1) is 12.8. The van der Waals surface area contributed by atoms with Crippen molar-refractivity contribution < 1.29 is 9.59 Å². The van der Waals surface area contributed by atoms with Gasteiger partial charge in [0.2, 0.25) is 5.91 Å². The third-order valence-electron chi connectivity index (χ3n) is 4.63. The third-order valence-corrected chi connectivity index (χ3v) is 4.63. The molecule has 0 spiro atoms. The highest BCUT2D eigenvalue weighted by Gasteiger charge is 2.18. The molecule has 0 saturated heterocycles. The number of nitrogens with zero attached hydrogens (tertiary/aromatic N) is 1. The van der Waals surface area contributed by atoms with Gasteiger partial charge in [-0.2, -0.15) is 0 Å². The molecule has 6 nitrogen and oxygen atoms in total. The van der Waals surface area contributed by atoms with Crippen LogP contribution in [0.5, 0.6) is 0 Å². The van der Waals surface area contributed by atoms with Crippen LogP contribution in [0.25, 0.3) is 0 Å². The fourth-order valence-corrected chi connectivity index (χ4v) is 3.28. The summed E-state index contributed by atoms with van der Waals surface area (Å²) in [6, 6.07) is 7.53. The molecule has 0 saturated carbocycles. The lowest BCUT2D eigenvalue weighted by Gasteiger charge is -2.31. The molecule has 0 aliphatic carbocycles. The Morgan fingerprint density at radius 3 is 2.33 bits per heavy atom. The molecular formula is C21H36N4O2. The minimum atomic E-state index is -0.173. The maximum atomic E-state index is 12.4. The number of hydrogen-bond donors (Lipinski definition) is 3. The second kappa shape index (κ2) is 11.6. The number of anilines is 1. The summed E-state index contributed by atoms with van der Waals surface area (Å²) in [6.45, 7) is 14.7. The van der Waals surface area contributed by atoms with Crippen LogP contribution in [-0.4, -0.2) is 42.5 Å². The molecule has 0 fully saturated rings. The minimum absolute atomic E-state index is 0.113. The van der Waals surface area contributed by atoms with Gasteiger partial charge in [-0.05, 0) is 50.0 Å². The SMILES string of the molecule is CCN(CC)[C@@H](CNC(=O)N[C@H](C)c1cccc(NC(C)=O)c1)CC(C)C. The molecular weight excluding hydrogens is 340 g/mol. The van der Waals surface area contributed by atoms with Gasteiger partial charge in [0.1, 0.15) is 0 Å². The highest BCUT2D eigenvalue weighted by Crippen LogP contribution is 2.17. The number of rotatable bonds is 10. The lowest BCUT2D eigenvalue weighted by molar-refractivity contribution is -0.114. The van der Waals surface area contributed by atoms with Gasteiger partial charge in [-0.1, -0.05) is 39.8 Å². The van der Waals surface area contributed by atoms with Crippen molar-refractivity contribution in [1.82, 2.24) is 15.5 Å². The fourth-order valence-electron chi connectivity index (χ4n) is 3.28. The topological polar surface area (TPSA) is 73.5 Å². The van der Waals surface area contributed by atoms with Crippen LogP contribution in [0.3, 0.4) is 0 Å². The van der Waals surface area contributed by atoms with Crippen LogP contribution in [0, 0.1) is 5.92 Å². The van der Waals surface area contributed by atoms with Crippen molar-refractivity contribution in [3.05, 3.63) is 29.8 Å². The average molecular weight is 377 g/mol. The average Bonchev–Trinajstić information content (AvgIpc) is 2.59. The zero-order valence-corrected chi connectivity index (χ0v) is 17.6. The van der Waals surface area contributed by atoms with Gasteiger partial charge in [0.15, 0.2) is 0 Å². The van der Waals surface area contributed by atoms with E-state index in [2.05, 4.69) is 48.5 Å². The molecule has 6 heteroatoms. The van der Waals surface area contributed by atoms with Crippen molar-refractivity contribution >= 4 is 17.6 Å². The lowest BCUT2D eigenvalue weighted by Crippen LogP contribution is -2.47. The molecule has 0 aliphatic heterocycles. The molecule has 1 aromatic rings. The van der Waals surface area contributed by atoms with Crippen molar-refractivity contribution in [2.45, 2.75) is 60.0 Å². The summed E-state index contributed by atoms with van der Waals surface area (Å²) in [6.07, 6.45) is 1.05. The Balaban J connectivity index is 2.63. The Morgan fingerprint density at radius 2 is 1.78 bits per heavy atom. The minimum Gasteiger partial charge on any atom is -0.337 e. The molecule has 2 atom stereocenters. The number of hydrogen-bond acceptors (Lipinski definition) is 3. The summed E-state index contributed by atoms with van der Waals surface area (Å²) >= 11 is 0. The van der Waals surface area contributed by atoms with Gasteiger partial charge in [-0.15, -0.1) is 0 Å². The summed E-state index contributed by atoms with van der Waals surface area (Å²) < 4.78 is 0. The molecule has 27 heavy (non-hydrogen) atoms. The predicted octanol–water partition coefficient (Wildman–Crippen LogP) is 3.76. The number of likely N-dealkylation sites (N-methyl/N-ethyl adjacent to an activating group) is 1. The normalized spacial score (nSPS) is 13.3. The fraction of sp³-hybridized carbons (Fsp3) is 0.619. The zero-order valence-electron chi connectivity index (χ0n) is 17.6. The van der Waals surface area contributed by atoms with Crippen LogP contribution in [0.2, 0.25) is 0 Å². The Morgan fingerprint density at radius 1 is 1.11 bits per heavy atom. The van der Waals surface area contributed by atoms with Crippen LogP contribution in [0.4, 0.5) is 10.5 Å². The van der Waals surface area contributed by atoms with Crippen LogP contribution in [0.15, 0.2) is 24.3 Å². The smallest absolute Gasteiger partial charge is 0.315 e. The number of benzene rings is 1. The maximum Gasteiger partial charge on any atom is 0.315 e. The van der Waals surface area contributed by atoms with E-state index in [4.69, 9.17) is 0 Å². The van der Waals surface area contributed by atoms with Gasteiger partial charge in [-0.25, -0.2) is 4.79 Å². The molecule has 3 N–H and O–H groups in total. The highest BCUT2D eigenvalue weighted by atomic mass is 16.2. The molecule has 1 rings (SSSR count). The molecule has 1 aromatic carbocycles. The number of amides is 3. The molecule has 152 valence electrons. The Kier molecular flexibility index (Phi) is 9.86. The van der Waals surface area contributed by atoms with Crippen molar-refractivity contribution in [3.8, 4) is 0 Å². The van der Waals surface area contributed by atoms with E-state index in [1.807, 2.05) is 31.2 Å². The van der Waals surface area contributed by atoms with E-state index in [-0.39, 0.29) is 18.0 Å². The first-order valence-corrected chi connectivity index (χ1v) is 9.92. The zero-order chi connectivity index (χ0) is 20.4. The van der Waals surface area contributed by atoms with E-state index >= 15 is 0 Å². The van der Waals surface area contributed by atoms with Gasteiger partial charge >= 0.3 is 6.03 Å². The summed E-state index contributed by atoms with van der Waals surface area (Å²) in [5.74, 6) is 0.467. The number of urea groups is 1. The molecule has 3 amide bonds. The molecule has 0 radical (unpaired) electrons. The van der Waals surface area contributed by atoms with E-state index in [0.29, 0.717) is 18.5 Å². The van der Waals surface area contributed by atoms with Gasteiger partial charge < -0.3 is 16.0 Å². The summed E-state index contributed by atoms with van der Waals surface area (Å²) in [7, 11) is 0. The monoisotopic (exact) mass is 376 g/mol. The molecule has 0 unspecified atom stereocenters. The number of nitrogens with one attached hydrogen (secondary N) is 3. The van der Waals surface area contributed by atoms with Gasteiger partial charge in [0.05, 0.1) is 6.04 Å². The lowest BCUT2D eigenvalue weighted by atomic mass is 10.0. The van der Waals surface area contributed by atoms with Gasteiger partial charge in [0, 0.05) is 25.2 Å². The number of carbonyl (C=O) groups is 2. The van der Waals surface area contributed by atoms with E-state index in [1.54, 1.807) is 0 Å². The Hall–Kier alpha value is -2.08. The Labute approximate surface area is 164 Å². The standard InChI is InChI=1S/C21H36N4O2/c1-7-25(8-2)20(12-15(3)4)14-22-21(27)23-16(5)18-10-9-11-19(13-18)24-17(6)26/h9-11,13,15-16,20H,7-8,12,14H2,1-6H3,(H,24,26)(H2,22,23,27)/t16-,20-/m1/s1. The first-order valence-electron chi connectivity index (χ1n) is 9.92. The van der Waals surface area contributed by atoms with Crippen molar-refractivity contribution in [3.63, 3.8) is 0 Å². The van der Waals surface area contributed by atoms with Gasteiger partial charge in [0.25, 0.3) is 0 Å². The second-order valence-electron chi connectivity index (χ2n) is 7.39. The van der Waals surface area contributed by atoms with Crippen molar-refractivity contribution in [1.29, 1.82) is 0 Å². The number of carbonyl (C=O) groups excluding carboxylic acids is 2. The highest BCUT2D eigenvalue weighted by molar-refractivity contribution is 5.88. The molecule has 0 aromatic heterocycles. The largest absolute Gasteiger partial charge is 0.337 e. The van der Waals surface area contributed by atoms with Crippen molar-refractivity contribution in [2.24, 2.45) is 5.92 Å².